The topological polar surface area (TPSA) is 41.1 Å². The van der Waals surface area contributed by atoms with E-state index in [1.165, 1.54) is 0 Å². The van der Waals surface area contributed by atoms with E-state index in [1.54, 1.807) is 6.08 Å². The molecule has 88 valence electrons. The number of halogens is 2. The number of rotatable bonds is 5. The summed E-state index contributed by atoms with van der Waals surface area (Å²) in [7, 11) is 3.87. The molecular weight excluding hydrogens is 247 g/mol. The van der Waals surface area contributed by atoms with Crippen LogP contribution in [0.4, 0.5) is 5.95 Å². The highest BCUT2D eigenvalue weighted by Crippen LogP contribution is 2.23. The third-order valence-corrected chi connectivity index (χ3v) is 2.43. The number of hydrogen-bond donors (Lipinski definition) is 1. The molecule has 0 aliphatic heterocycles. The zero-order valence-corrected chi connectivity index (χ0v) is 10.8. The quantitative estimate of drug-likeness (QED) is 0.502. The van der Waals surface area contributed by atoms with Crippen molar-refractivity contribution in [1.29, 1.82) is 0 Å². The van der Waals surface area contributed by atoms with Crippen LogP contribution < -0.4 is 5.32 Å². The second-order valence-corrected chi connectivity index (χ2v) is 4.23. The molecule has 1 N–H and O–H groups in total. The fourth-order valence-corrected chi connectivity index (χ4v) is 1.59. The molecule has 1 heterocycles. The first-order valence-corrected chi connectivity index (χ1v) is 5.51. The van der Waals surface area contributed by atoms with Crippen LogP contribution in [-0.2, 0) is 6.42 Å². The molecule has 6 heteroatoms. The van der Waals surface area contributed by atoms with Crippen LogP contribution in [0.15, 0.2) is 12.7 Å². The smallest absolute Gasteiger partial charge is 0.226 e. The maximum absolute atomic E-state index is 5.99. The van der Waals surface area contributed by atoms with Gasteiger partial charge < -0.3 is 5.32 Å². The predicted octanol–water partition coefficient (Wildman–Crippen LogP) is 2.44. The van der Waals surface area contributed by atoms with E-state index in [-0.39, 0.29) is 0 Å². The lowest BCUT2D eigenvalue weighted by molar-refractivity contribution is 0.438. The molecule has 0 aliphatic carbocycles. The number of nitrogens with zero attached hydrogens (tertiary/aromatic N) is 3. The Morgan fingerprint density at radius 1 is 1.31 bits per heavy atom. The lowest BCUT2D eigenvalue weighted by Crippen LogP contribution is -2.21. The van der Waals surface area contributed by atoms with Crippen LogP contribution in [-0.4, -0.2) is 35.6 Å². The summed E-state index contributed by atoms with van der Waals surface area (Å²) in [6.45, 7) is 4.24. The van der Waals surface area contributed by atoms with Crippen molar-refractivity contribution in [3.63, 3.8) is 0 Å². The first kappa shape index (κ1) is 13.2. The summed E-state index contributed by atoms with van der Waals surface area (Å²) in [6.07, 6.45) is 2.27. The SMILES string of the molecule is C=CCc1c(Cl)nc(NCN(C)C)nc1Cl. The van der Waals surface area contributed by atoms with Gasteiger partial charge >= 0.3 is 0 Å². The summed E-state index contributed by atoms with van der Waals surface area (Å²) in [6, 6.07) is 0. The molecule has 0 spiro atoms. The molecule has 0 fully saturated rings. The van der Waals surface area contributed by atoms with Crippen LogP contribution in [0.1, 0.15) is 5.56 Å². The molecule has 16 heavy (non-hydrogen) atoms. The van der Waals surface area contributed by atoms with Gasteiger partial charge in [0.15, 0.2) is 0 Å². The first-order chi connectivity index (χ1) is 7.54. The van der Waals surface area contributed by atoms with Crippen molar-refractivity contribution in [2.45, 2.75) is 6.42 Å². The van der Waals surface area contributed by atoms with Gasteiger partial charge in [0.2, 0.25) is 5.95 Å². The molecule has 0 atom stereocenters. The fraction of sp³-hybridized carbons (Fsp3) is 0.400. The molecule has 0 amide bonds. The summed E-state index contributed by atoms with van der Waals surface area (Å²) in [5, 5.41) is 3.73. The molecule has 0 radical (unpaired) electrons. The Balaban J connectivity index is 2.86. The van der Waals surface area contributed by atoms with Gasteiger partial charge in [-0.2, -0.15) is 0 Å². The predicted molar refractivity (Wildman–Crippen MR) is 68.1 cm³/mol. The second kappa shape index (κ2) is 6.03. The second-order valence-electron chi connectivity index (χ2n) is 3.51. The van der Waals surface area contributed by atoms with Crippen molar-refractivity contribution in [1.82, 2.24) is 14.9 Å². The van der Waals surface area contributed by atoms with Gasteiger partial charge in [-0.05, 0) is 20.5 Å². The monoisotopic (exact) mass is 260 g/mol. The maximum Gasteiger partial charge on any atom is 0.226 e. The molecule has 1 rings (SSSR count). The number of anilines is 1. The Labute approximate surface area is 105 Å². The average Bonchev–Trinajstić information content (AvgIpc) is 2.20. The molecular formula is C10H14Cl2N4. The highest BCUT2D eigenvalue weighted by atomic mass is 35.5. The van der Waals surface area contributed by atoms with E-state index >= 15 is 0 Å². The van der Waals surface area contributed by atoms with Crippen LogP contribution >= 0.6 is 23.2 Å². The van der Waals surface area contributed by atoms with Crippen LogP contribution in [0, 0.1) is 0 Å². The Morgan fingerprint density at radius 2 is 1.88 bits per heavy atom. The van der Waals surface area contributed by atoms with Crippen molar-refractivity contribution in [3.05, 3.63) is 28.5 Å². The zero-order valence-electron chi connectivity index (χ0n) is 9.30. The normalized spacial score (nSPS) is 10.6. The molecule has 0 aliphatic rings. The van der Waals surface area contributed by atoms with Crippen LogP contribution in [0.5, 0.6) is 0 Å². The minimum atomic E-state index is 0.362. The zero-order chi connectivity index (χ0) is 12.1. The summed E-state index contributed by atoms with van der Waals surface area (Å²) < 4.78 is 0. The van der Waals surface area contributed by atoms with E-state index in [0.29, 0.717) is 34.9 Å². The molecule has 0 unspecified atom stereocenters. The molecule has 0 saturated heterocycles. The van der Waals surface area contributed by atoms with Gasteiger partial charge in [-0.25, -0.2) is 9.97 Å². The first-order valence-electron chi connectivity index (χ1n) is 4.76. The average molecular weight is 261 g/mol. The standard InChI is InChI=1S/C10H14Cl2N4/c1-4-5-7-8(11)14-10(15-9(7)12)13-6-16(2)3/h4H,1,5-6H2,2-3H3,(H,13,14,15). The highest BCUT2D eigenvalue weighted by Gasteiger charge is 2.09. The van der Waals surface area contributed by atoms with Crippen molar-refractivity contribution < 1.29 is 0 Å². The minimum Gasteiger partial charge on any atom is -0.341 e. The van der Waals surface area contributed by atoms with Crippen molar-refractivity contribution in [3.8, 4) is 0 Å². The fourth-order valence-electron chi connectivity index (χ4n) is 1.05. The third kappa shape index (κ3) is 3.63. The van der Waals surface area contributed by atoms with Crippen molar-refractivity contribution >= 4 is 29.2 Å². The Morgan fingerprint density at radius 3 is 2.31 bits per heavy atom. The molecule has 4 nitrogen and oxygen atoms in total. The lowest BCUT2D eigenvalue weighted by atomic mass is 10.2. The minimum absolute atomic E-state index is 0.362. The number of allylic oxidation sites excluding steroid dienone is 1. The summed E-state index contributed by atoms with van der Waals surface area (Å²) in [5.74, 6) is 0.427. The summed E-state index contributed by atoms with van der Waals surface area (Å²) >= 11 is 12.0. The van der Waals surface area contributed by atoms with E-state index in [9.17, 15) is 0 Å². The third-order valence-electron chi connectivity index (χ3n) is 1.81. The Kier molecular flexibility index (Phi) is 4.99. The van der Waals surface area contributed by atoms with E-state index in [0.717, 1.165) is 0 Å². The summed E-state index contributed by atoms with van der Waals surface area (Å²) in [4.78, 5) is 10.2. The maximum atomic E-state index is 5.99. The van der Waals surface area contributed by atoms with E-state index < -0.39 is 0 Å². The van der Waals surface area contributed by atoms with Gasteiger partial charge in [-0.15, -0.1) is 6.58 Å². The van der Waals surface area contributed by atoms with Crippen LogP contribution in [0.3, 0.4) is 0 Å². The van der Waals surface area contributed by atoms with E-state index in [4.69, 9.17) is 23.2 Å². The molecule has 0 saturated carbocycles. The Bertz CT molecular complexity index is 356. The van der Waals surface area contributed by atoms with Crippen LogP contribution in [0.25, 0.3) is 0 Å². The summed E-state index contributed by atoms with van der Waals surface area (Å²) in [5.41, 5.74) is 0.703. The van der Waals surface area contributed by atoms with Gasteiger partial charge in [-0.3, -0.25) is 4.90 Å². The largest absolute Gasteiger partial charge is 0.341 e. The molecule has 0 aromatic carbocycles. The van der Waals surface area contributed by atoms with Crippen molar-refractivity contribution in [2.75, 3.05) is 26.1 Å². The Hall–Kier alpha value is -0.840. The highest BCUT2D eigenvalue weighted by molar-refractivity contribution is 6.34. The van der Waals surface area contributed by atoms with Gasteiger partial charge in [0.1, 0.15) is 10.3 Å². The molecule has 1 aromatic rings. The number of aromatic nitrogens is 2. The van der Waals surface area contributed by atoms with Gasteiger partial charge in [0.05, 0.1) is 6.67 Å². The van der Waals surface area contributed by atoms with Gasteiger partial charge in [0, 0.05) is 5.56 Å². The number of hydrogen-bond acceptors (Lipinski definition) is 4. The van der Waals surface area contributed by atoms with Crippen molar-refractivity contribution in [2.24, 2.45) is 0 Å². The lowest BCUT2D eigenvalue weighted by Gasteiger charge is -2.12. The molecule has 1 aromatic heterocycles. The van der Waals surface area contributed by atoms with Gasteiger partial charge in [0.25, 0.3) is 0 Å². The van der Waals surface area contributed by atoms with E-state index in [2.05, 4.69) is 21.9 Å². The van der Waals surface area contributed by atoms with Crippen LogP contribution in [0.2, 0.25) is 10.3 Å². The van der Waals surface area contributed by atoms with E-state index in [1.807, 2.05) is 19.0 Å². The number of nitrogens with one attached hydrogen (secondary N) is 1. The molecule has 0 bridgehead atoms. The van der Waals surface area contributed by atoms with Gasteiger partial charge in [-0.1, -0.05) is 29.3 Å².